The van der Waals surface area contributed by atoms with Gasteiger partial charge in [-0.2, -0.15) is 0 Å². The fourth-order valence-electron chi connectivity index (χ4n) is 1.84. The molecule has 0 radical (unpaired) electrons. The van der Waals surface area contributed by atoms with Crippen LogP contribution in [0.5, 0.6) is 0 Å². The van der Waals surface area contributed by atoms with Crippen LogP contribution < -0.4 is 5.56 Å². The van der Waals surface area contributed by atoms with Gasteiger partial charge in [-0.25, -0.2) is 9.67 Å². The maximum atomic E-state index is 12.2. The Hall–Kier alpha value is -2.96. The molecule has 19 heavy (non-hydrogen) atoms. The second-order valence-corrected chi connectivity index (χ2v) is 3.93. The van der Waals surface area contributed by atoms with E-state index >= 15 is 0 Å². The minimum absolute atomic E-state index is 0.193. The first-order valence-corrected chi connectivity index (χ1v) is 5.47. The van der Waals surface area contributed by atoms with Gasteiger partial charge in [0.15, 0.2) is 5.65 Å². The molecule has 0 bridgehead atoms. The third-order valence-corrected chi connectivity index (χ3v) is 2.75. The Bertz CT molecular complexity index is 820. The van der Waals surface area contributed by atoms with Crippen molar-refractivity contribution < 1.29 is 4.92 Å². The summed E-state index contributed by atoms with van der Waals surface area (Å²) in [6.07, 6.45) is 1.12. The lowest BCUT2D eigenvalue weighted by molar-refractivity contribution is -0.385. The minimum Gasteiger partial charge on any atom is -0.274 e. The summed E-state index contributed by atoms with van der Waals surface area (Å²) < 4.78 is 1.31. The van der Waals surface area contributed by atoms with Gasteiger partial charge < -0.3 is 0 Å². The summed E-state index contributed by atoms with van der Waals surface area (Å²) >= 11 is 0. The molecule has 7 heteroatoms. The van der Waals surface area contributed by atoms with E-state index < -0.39 is 4.92 Å². The summed E-state index contributed by atoms with van der Waals surface area (Å²) in [5, 5.41) is 13.7. The number of nitro groups is 1. The van der Waals surface area contributed by atoms with E-state index in [0.29, 0.717) is 11.3 Å². The predicted molar refractivity (Wildman–Crippen MR) is 68.3 cm³/mol. The number of pyridine rings is 1. The first-order valence-electron chi connectivity index (χ1n) is 5.47. The van der Waals surface area contributed by atoms with E-state index in [1.54, 1.807) is 24.3 Å². The van der Waals surface area contributed by atoms with Gasteiger partial charge in [-0.15, -0.1) is 0 Å². The largest absolute Gasteiger partial charge is 0.288 e. The predicted octanol–water partition coefficient (Wildman–Crippen LogP) is 1.62. The van der Waals surface area contributed by atoms with Crippen molar-refractivity contribution in [2.75, 3.05) is 0 Å². The van der Waals surface area contributed by atoms with Gasteiger partial charge in [0.25, 0.3) is 11.2 Å². The van der Waals surface area contributed by atoms with Gasteiger partial charge in [0, 0.05) is 6.07 Å². The Morgan fingerprint density at radius 2 is 2.00 bits per heavy atom. The Morgan fingerprint density at radius 1 is 1.26 bits per heavy atom. The molecule has 94 valence electrons. The number of nitrogens with zero attached hydrogens (tertiary/aromatic N) is 3. The number of benzene rings is 1. The smallest absolute Gasteiger partial charge is 0.274 e. The van der Waals surface area contributed by atoms with Crippen molar-refractivity contribution >= 4 is 16.7 Å². The number of nitrogens with one attached hydrogen (secondary N) is 1. The van der Waals surface area contributed by atoms with Crippen molar-refractivity contribution in [1.29, 1.82) is 0 Å². The van der Waals surface area contributed by atoms with Crippen molar-refractivity contribution in [2.45, 2.75) is 0 Å². The molecule has 7 nitrogen and oxygen atoms in total. The van der Waals surface area contributed by atoms with E-state index in [-0.39, 0.29) is 16.6 Å². The molecule has 2 aromatic heterocycles. The summed E-state index contributed by atoms with van der Waals surface area (Å²) in [7, 11) is 0. The lowest BCUT2D eigenvalue weighted by atomic mass is 10.3. The summed E-state index contributed by atoms with van der Waals surface area (Å²) in [5.74, 6) is 0. The zero-order valence-electron chi connectivity index (χ0n) is 9.61. The van der Waals surface area contributed by atoms with Crippen molar-refractivity contribution in [3.05, 3.63) is 63.1 Å². The van der Waals surface area contributed by atoms with Crippen LogP contribution in [0.15, 0.2) is 47.4 Å². The quantitative estimate of drug-likeness (QED) is 0.556. The molecule has 0 aliphatic carbocycles. The second-order valence-electron chi connectivity index (χ2n) is 3.93. The van der Waals surface area contributed by atoms with Crippen LogP contribution in [0.2, 0.25) is 0 Å². The number of para-hydroxylation sites is 1. The number of hydrogen-bond donors (Lipinski definition) is 1. The fourth-order valence-corrected chi connectivity index (χ4v) is 1.84. The van der Waals surface area contributed by atoms with Crippen LogP contribution in [-0.2, 0) is 0 Å². The van der Waals surface area contributed by atoms with Crippen LogP contribution in [0.25, 0.3) is 16.7 Å². The molecule has 2 heterocycles. The summed E-state index contributed by atoms with van der Waals surface area (Å²) in [6, 6.07) is 10.2. The molecule has 0 atom stereocenters. The van der Waals surface area contributed by atoms with Gasteiger partial charge in [0.2, 0.25) is 0 Å². The normalized spacial score (nSPS) is 10.7. The average Bonchev–Trinajstić information content (AvgIpc) is 2.77. The third-order valence-electron chi connectivity index (χ3n) is 2.75. The van der Waals surface area contributed by atoms with E-state index in [2.05, 4.69) is 10.1 Å². The second kappa shape index (κ2) is 4.05. The molecule has 3 aromatic rings. The monoisotopic (exact) mass is 256 g/mol. The van der Waals surface area contributed by atoms with Crippen molar-refractivity contribution in [1.82, 2.24) is 14.8 Å². The van der Waals surface area contributed by atoms with Crippen molar-refractivity contribution in [3.63, 3.8) is 0 Å². The highest BCUT2D eigenvalue weighted by Gasteiger charge is 2.14. The van der Waals surface area contributed by atoms with Crippen molar-refractivity contribution in [3.8, 4) is 5.69 Å². The van der Waals surface area contributed by atoms with Gasteiger partial charge in [-0.1, -0.05) is 18.2 Å². The van der Waals surface area contributed by atoms with E-state index in [1.165, 1.54) is 10.7 Å². The maximum Gasteiger partial charge on any atom is 0.288 e. The van der Waals surface area contributed by atoms with Gasteiger partial charge >= 0.3 is 0 Å². The highest BCUT2D eigenvalue weighted by atomic mass is 16.6. The Kier molecular flexibility index (Phi) is 2.38. The van der Waals surface area contributed by atoms with Gasteiger partial charge in [0.05, 0.1) is 16.0 Å². The van der Waals surface area contributed by atoms with Gasteiger partial charge in [-0.3, -0.25) is 20.0 Å². The molecule has 0 spiro atoms. The van der Waals surface area contributed by atoms with Crippen LogP contribution in [0.3, 0.4) is 0 Å². The summed E-state index contributed by atoms with van der Waals surface area (Å²) in [5.41, 5.74) is 0.397. The van der Waals surface area contributed by atoms with Crippen LogP contribution >= 0.6 is 0 Å². The Morgan fingerprint density at radius 3 is 2.68 bits per heavy atom. The topological polar surface area (TPSA) is 93.8 Å². The maximum absolute atomic E-state index is 12.2. The number of rotatable bonds is 2. The number of aromatic nitrogens is 3. The molecule has 0 fully saturated rings. The average molecular weight is 256 g/mol. The van der Waals surface area contributed by atoms with Crippen LogP contribution in [-0.4, -0.2) is 19.7 Å². The first-order chi connectivity index (χ1) is 9.16. The summed E-state index contributed by atoms with van der Waals surface area (Å²) in [4.78, 5) is 26.2. The molecular weight excluding hydrogens is 248 g/mol. The Balaban J connectivity index is 2.27. The lowest BCUT2D eigenvalue weighted by Crippen LogP contribution is -2.13. The molecule has 0 saturated carbocycles. The zero-order chi connectivity index (χ0) is 13.4. The van der Waals surface area contributed by atoms with Crippen LogP contribution in [0, 0.1) is 10.1 Å². The molecule has 0 aliphatic rings. The molecule has 0 unspecified atom stereocenters. The SMILES string of the molecule is O=c1c2cc([N+](=O)[O-])cnc2[nH]n1-c1ccccc1. The number of aromatic amines is 1. The van der Waals surface area contributed by atoms with Gasteiger partial charge in [-0.05, 0) is 12.1 Å². The first kappa shape index (κ1) is 11.1. The molecule has 3 rings (SSSR count). The molecule has 1 N–H and O–H groups in total. The van der Waals surface area contributed by atoms with Gasteiger partial charge in [0.1, 0.15) is 6.20 Å². The third kappa shape index (κ3) is 1.77. The standard InChI is InChI=1S/C12H8N4O3/c17-12-10-6-9(16(18)19)7-13-11(10)14-15(12)8-4-2-1-3-5-8/h1-7H,(H,13,14). The van der Waals surface area contributed by atoms with E-state index in [4.69, 9.17) is 0 Å². The molecule has 1 aromatic carbocycles. The van der Waals surface area contributed by atoms with Crippen LogP contribution in [0.4, 0.5) is 5.69 Å². The highest BCUT2D eigenvalue weighted by Crippen LogP contribution is 2.15. The number of hydrogen-bond acceptors (Lipinski definition) is 4. The van der Waals surface area contributed by atoms with Crippen molar-refractivity contribution in [2.24, 2.45) is 0 Å². The minimum atomic E-state index is -0.578. The van der Waals surface area contributed by atoms with E-state index in [1.807, 2.05) is 6.07 Å². The molecule has 0 aliphatic heterocycles. The van der Waals surface area contributed by atoms with Crippen LogP contribution in [0.1, 0.15) is 0 Å². The number of fused-ring (bicyclic) bond motifs is 1. The fraction of sp³-hybridized carbons (Fsp3) is 0. The number of H-pyrrole nitrogens is 1. The summed E-state index contributed by atoms with van der Waals surface area (Å²) in [6.45, 7) is 0. The highest BCUT2D eigenvalue weighted by molar-refractivity contribution is 5.76. The molecule has 0 amide bonds. The zero-order valence-corrected chi connectivity index (χ0v) is 9.61. The van der Waals surface area contributed by atoms with E-state index in [0.717, 1.165) is 6.20 Å². The molecule has 0 saturated heterocycles. The van der Waals surface area contributed by atoms with E-state index in [9.17, 15) is 14.9 Å². The molecular formula is C12H8N4O3. The lowest BCUT2D eigenvalue weighted by Gasteiger charge is -1.98. The Labute approximate surface area is 106 Å².